The lowest BCUT2D eigenvalue weighted by Gasteiger charge is -2.20. The van der Waals surface area contributed by atoms with Crippen LogP contribution in [0.25, 0.3) is 76.1 Å². The van der Waals surface area contributed by atoms with Gasteiger partial charge in [-0.05, 0) is 71.4 Å². The molecule has 0 fully saturated rings. The molecule has 0 aromatic heterocycles. The predicted octanol–water partition coefficient (Wildman–Crippen LogP) is 10.4. The summed E-state index contributed by atoms with van der Waals surface area (Å²) in [5.41, 5.74) is 4.88. The highest BCUT2D eigenvalue weighted by atomic mass is 19.1. The normalized spacial score (nSPS) is 11.9. The van der Waals surface area contributed by atoms with Gasteiger partial charge in [-0.1, -0.05) is 121 Å². The first-order valence-corrected chi connectivity index (χ1v) is 12.6. The van der Waals surface area contributed by atoms with E-state index in [1.165, 1.54) is 43.8 Å². The Morgan fingerprint density at radius 3 is 1.49 bits per heavy atom. The quantitative estimate of drug-likeness (QED) is 0.173. The van der Waals surface area contributed by atoms with Crippen LogP contribution in [0.4, 0.5) is 4.39 Å². The van der Waals surface area contributed by atoms with Gasteiger partial charge in [0.1, 0.15) is 5.82 Å². The van der Waals surface area contributed by atoms with Crippen molar-refractivity contribution in [2.45, 2.75) is 0 Å². The molecule has 8 aromatic carbocycles. The van der Waals surface area contributed by atoms with Gasteiger partial charge in [-0.15, -0.1) is 0 Å². The predicted molar refractivity (Wildman–Crippen MR) is 156 cm³/mol. The minimum absolute atomic E-state index is 0.171. The van der Waals surface area contributed by atoms with Crippen LogP contribution >= 0.6 is 0 Å². The van der Waals surface area contributed by atoms with Gasteiger partial charge >= 0.3 is 0 Å². The molecule has 0 N–H and O–H groups in total. The van der Waals surface area contributed by atoms with Gasteiger partial charge in [0.05, 0.1) is 0 Å². The Kier molecular flexibility index (Phi) is 4.21. The molecule has 0 saturated heterocycles. The average Bonchev–Trinajstić information content (AvgIpc) is 2.96. The number of hydrogen-bond donors (Lipinski definition) is 0. The van der Waals surface area contributed by atoms with Crippen molar-refractivity contribution in [3.8, 4) is 22.3 Å². The lowest BCUT2D eigenvalue weighted by atomic mass is 9.83. The third-order valence-corrected chi connectivity index (χ3v) is 7.87. The smallest absolute Gasteiger partial charge is 0.131 e. The van der Waals surface area contributed by atoms with E-state index in [1.54, 1.807) is 6.07 Å². The first-order chi connectivity index (χ1) is 18.3. The molecule has 1 heteroatoms. The summed E-state index contributed by atoms with van der Waals surface area (Å²) in [5.74, 6) is -0.171. The van der Waals surface area contributed by atoms with Crippen molar-refractivity contribution >= 4 is 53.9 Å². The number of halogens is 1. The van der Waals surface area contributed by atoms with Crippen molar-refractivity contribution in [2.75, 3.05) is 0 Å². The molecule has 0 heterocycles. The first-order valence-electron chi connectivity index (χ1n) is 12.6. The van der Waals surface area contributed by atoms with Crippen LogP contribution in [-0.2, 0) is 0 Å². The highest BCUT2D eigenvalue weighted by molar-refractivity contribution is 6.29. The van der Waals surface area contributed by atoms with Crippen molar-refractivity contribution in [2.24, 2.45) is 0 Å². The number of hydrogen-bond acceptors (Lipinski definition) is 0. The molecule has 0 nitrogen and oxygen atoms in total. The lowest BCUT2D eigenvalue weighted by Crippen LogP contribution is -1.93. The Bertz CT molecular complexity index is 2080. The van der Waals surface area contributed by atoms with Crippen LogP contribution in [0.5, 0.6) is 0 Å². The van der Waals surface area contributed by atoms with Crippen molar-refractivity contribution in [1.29, 1.82) is 0 Å². The maximum atomic E-state index is 14.9. The molecule has 0 radical (unpaired) electrons. The van der Waals surface area contributed by atoms with E-state index in [0.717, 1.165) is 26.9 Å². The highest BCUT2D eigenvalue weighted by Crippen LogP contribution is 2.47. The molecule has 0 spiro atoms. The fourth-order valence-electron chi connectivity index (χ4n) is 6.32. The fourth-order valence-corrected chi connectivity index (χ4v) is 6.32. The standard InChI is InChI=1S/C36H21F/c37-32-21-17-24-14-18-29-30(19-15-23-16-20-31(32)35(24)34(23)29)36-27-12-6-4-10-25(27)33(22-8-2-1-3-9-22)26-11-5-7-13-28(26)36/h1-21H. The van der Waals surface area contributed by atoms with Crippen molar-refractivity contribution < 1.29 is 4.39 Å². The minimum atomic E-state index is -0.171. The Morgan fingerprint density at radius 1 is 0.351 bits per heavy atom. The highest BCUT2D eigenvalue weighted by Gasteiger charge is 2.19. The summed E-state index contributed by atoms with van der Waals surface area (Å²) in [7, 11) is 0. The number of fused-ring (bicyclic) bond motifs is 2. The second kappa shape index (κ2) is 7.62. The summed E-state index contributed by atoms with van der Waals surface area (Å²) >= 11 is 0. The molecule has 0 amide bonds. The van der Waals surface area contributed by atoms with Crippen molar-refractivity contribution in [3.05, 3.63) is 133 Å². The van der Waals surface area contributed by atoms with E-state index in [-0.39, 0.29) is 5.82 Å². The summed E-state index contributed by atoms with van der Waals surface area (Å²) in [6.07, 6.45) is 0. The number of rotatable bonds is 2. The lowest BCUT2D eigenvalue weighted by molar-refractivity contribution is 0.640. The van der Waals surface area contributed by atoms with Crippen LogP contribution in [0.3, 0.4) is 0 Å². The second-order valence-corrected chi connectivity index (χ2v) is 9.79. The van der Waals surface area contributed by atoms with E-state index in [0.29, 0.717) is 5.39 Å². The molecule has 0 aliphatic rings. The van der Waals surface area contributed by atoms with Crippen LogP contribution in [0.2, 0.25) is 0 Å². The van der Waals surface area contributed by atoms with Gasteiger partial charge < -0.3 is 0 Å². The molecule has 0 atom stereocenters. The van der Waals surface area contributed by atoms with E-state index >= 15 is 0 Å². The van der Waals surface area contributed by atoms with Crippen molar-refractivity contribution in [1.82, 2.24) is 0 Å². The van der Waals surface area contributed by atoms with E-state index in [9.17, 15) is 4.39 Å². The fraction of sp³-hybridized carbons (Fsp3) is 0. The van der Waals surface area contributed by atoms with Gasteiger partial charge in [-0.3, -0.25) is 0 Å². The molecule has 0 aliphatic carbocycles. The van der Waals surface area contributed by atoms with Gasteiger partial charge in [0, 0.05) is 10.8 Å². The van der Waals surface area contributed by atoms with Gasteiger partial charge in [0.15, 0.2) is 0 Å². The van der Waals surface area contributed by atoms with E-state index in [4.69, 9.17) is 0 Å². The van der Waals surface area contributed by atoms with Gasteiger partial charge in [-0.2, -0.15) is 0 Å². The maximum absolute atomic E-state index is 14.9. The second-order valence-electron chi connectivity index (χ2n) is 9.79. The molecular weight excluding hydrogens is 451 g/mol. The Balaban J connectivity index is 1.58. The molecule has 172 valence electrons. The number of benzene rings is 8. The summed E-state index contributed by atoms with van der Waals surface area (Å²) in [4.78, 5) is 0. The zero-order chi connectivity index (χ0) is 24.5. The van der Waals surface area contributed by atoms with Crippen molar-refractivity contribution in [3.63, 3.8) is 0 Å². The molecule has 0 saturated carbocycles. The Labute approximate surface area is 213 Å². The Morgan fingerprint density at radius 2 is 0.838 bits per heavy atom. The molecular formula is C36H21F. The van der Waals surface area contributed by atoms with Crippen LogP contribution < -0.4 is 0 Å². The maximum Gasteiger partial charge on any atom is 0.131 e. The summed E-state index contributed by atoms with van der Waals surface area (Å²) in [5, 5.41) is 11.1. The van der Waals surface area contributed by atoms with Gasteiger partial charge in [-0.25, -0.2) is 4.39 Å². The molecule has 37 heavy (non-hydrogen) atoms. The van der Waals surface area contributed by atoms with Crippen LogP contribution in [0.1, 0.15) is 0 Å². The third-order valence-electron chi connectivity index (χ3n) is 7.87. The van der Waals surface area contributed by atoms with Crippen LogP contribution in [-0.4, -0.2) is 0 Å². The average molecular weight is 473 g/mol. The molecule has 8 aromatic rings. The molecule has 8 rings (SSSR count). The van der Waals surface area contributed by atoms with Gasteiger partial charge in [0.2, 0.25) is 0 Å². The zero-order valence-electron chi connectivity index (χ0n) is 20.0. The van der Waals surface area contributed by atoms with Gasteiger partial charge in [0.25, 0.3) is 0 Å². The first kappa shape index (κ1) is 20.4. The minimum Gasteiger partial charge on any atom is -0.206 e. The summed E-state index contributed by atoms with van der Waals surface area (Å²) < 4.78 is 14.9. The molecule has 0 bridgehead atoms. The zero-order valence-corrected chi connectivity index (χ0v) is 20.0. The Hall–Kier alpha value is -4.75. The molecule has 0 aliphatic heterocycles. The van der Waals surface area contributed by atoms with E-state index in [2.05, 4.69) is 103 Å². The summed E-state index contributed by atoms with van der Waals surface area (Å²) in [6.45, 7) is 0. The van der Waals surface area contributed by atoms with E-state index in [1.807, 2.05) is 18.2 Å². The summed E-state index contributed by atoms with van der Waals surface area (Å²) in [6, 6.07) is 44.3. The largest absolute Gasteiger partial charge is 0.206 e. The van der Waals surface area contributed by atoms with Crippen LogP contribution in [0, 0.1) is 5.82 Å². The van der Waals surface area contributed by atoms with Crippen LogP contribution in [0.15, 0.2) is 127 Å². The SMILES string of the molecule is Fc1ccc2ccc3c(-c4c5ccccc5c(-c5ccccc5)c5ccccc45)ccc4ccc1c2c43. The van der Waals surface area contributed by atoms with E-state index < -0.39 is 0 Å². The monoisotopic (exact) mass is 472 g/mol. The topological polar surface area (TPSA) is 0 Å². The molecule has 0 unspecified atom stereocenters. The third kappa shape index (κ3) is 2.83.